The Morgan fingerprint density at radius 1 is 0.647 bits per heavy atom. The van der Waals surface area contributed by atoms with E-state index in [1.165, 1.54) is 74.4 Å². The Morgan fingerprint density at radius 3 is 1.71 bits per heavy atom. The summed E-state index contributed by atoms with van der Waals surface area (Å²) in [5, 5.41) is 0. The molecule has 34 heavy (non-hydrogen) atoms. The Hall–Kier alpha value is -2.49. The van der Waals surface area contributed by atoms with E-state index < -0.39 is 0 Å². The number of rotatable bonds is 16. The van der Waals surface area contributed by atoms with Crippen molar-refractivity contribution in [2.45, 2.75) is 105 Å². The summed E-state index contributed by atoms with van der Waals surface area (Å²) in [6.45, 7) is 9.97. The van der Waals surface area contributed by atoms with Crippen LogP contribution in [0.2, 0.25) is 0 Å². The molecule has 0 aliphatic heterocycles. The van der Waals surface area contributed by atoms with E-state index in [1.54, 1.807) is 0 Å². The summed E-state index contributed by atoms with van der Waals surface area (Å²) in [5.74, 6) is 0.964. The quantitative estimate of drug-likeness (QED) is 0.199. The van der Waals surface area contributed by atoms with Crippen LogP contribution in [0.5, 0.6) is 5.75 Å². The summed E-state index contributed by atoms with van der Waals surface area (Å²) in [4.78, 5) is 5.00. The molecule has 0 bridgehead atoms. The lowest BCUT2D eigenvalue weighted by Gasteiger charge is -2.07. The van der Waals surface area contributed by atoms with E-state index in [2.05, 4.69) is 78.4 Å². The molecular formula is C30H45N3O. The molecule has 0 N–H and O–H groups in total. The van der Waals surface area contributed by atoms with Gasteiger partial charge in [-0.2, -0.15) is 0 Å². The monoisotopic (exact) mass is 463 g/mol. The lowest BCUT2D eigenvalue weighted by molar-refractivity contribution is 0.304. The van der Waals surface area contributed by atoms with Gasteiger partial charge in [-0.05, 0) is 50.1 Å². The van der Waals surface area contributed by atoms with Gasteiger partial charge in [0.25, 0.3) is 0 Å². The van der Waals surface area contributed by atoms with Gasteiger partial charge >= 0.3 is 0 Å². The number of imidazole rings is 1. The van der Waals surface area contributed by atoms with Gasteiger partial charge in [0.15, 0.2) is 0 Å². The lowest BCUT2D eigenvalue weighted by Crippen LogP contribution is -2.25. The molecule has 0 aliphatic rings. The average Bonchev–Trinajstić information content (AvgIpc) is 3.19. The smallest absolute Gasteiger partial charge is 0.206 e. The predicted octanol–water partition coefficient (Wildman–Crippen LogP) is 7.88. The van der Waals surface area contributed by atoms with Crippen LogP contribution < -0.4 is 10.4 Å². The van der Waals surface area contributed by atoms with Gasteiger partial charge in [-0.15, -0.1) is 0 Å². The van der Waals surface area contributed by atoms with Crippen LogP contribution in [0.25, 0.3) is 11.0 Å². The fourth-order valence-corrected chi connectivity index (χ4v) is 4.71. The number of fused-ring (bicyclic) bond motifs is 1. The molecule has 0 saturated heterocycles. The van der Waals surface area contributed by atoms with Crippen LogP contribution >= 0.6 is 0 Å². The summed E-state index contributed by atoms with van der Waals surface area (Å²) in [5.41, 5.74) is 4.76. The van der Waals surface area contributed by atoms with E-state index in [0.717, 1.165) is 37.5 Å². The zero-order valence-corrected chi connectivity index (χ0v) is 21.8. The van der Waals surface area contributed by atoms with Crippen LogP contribution in [-0.2, 0) is 19.6 Å². The maximum atomic E-state index is 5.97. The first-order chi connectivity index (χ1) is 16.8. The average molecular weight is 464 g/mol. The van der Waals surface area contributed by atoms with Gasteiger partial charge in [0.05, 0.1) is 24.2 Å². The van der Waals surface area contributed by atoms with Gasteiger partial charge in [0.1, 0.15) is 5.75 Å². The molecule has 0 atom stereocenters. The number of aryl methyl sites for hydroxylation is 2. The first-order valence-electron chi connectivity index (χ1n) is 13.7. The van der Waals surface area contributed by atoms with Gasteiger partial charge in [-0.3, -0.25) is 0 Å². The zero-order chi connectivity index (χ0) is 24.0. The molecule has 2 aromatic carbocycles. The first kappa shape index (κ1) is 26.1. The molecule has 186 valence electrons. The summed E-state index contributed by atoms with van der Waals surface area (Å²) < 4.78 is 10.6. The van der Waals surface area contributed by atoms with E-state index in [9.17, 15) is 0 Å². The number of para-hydroxylation sites is 2. The van der Waals surface area contributed by atoms with E-state index >= 15 is 0 Å². The van der Waals surface area contributed by atoms with Crippen molar-refractivity contribution in [3.05, 3.63) is 59.7 Å². The van der Waals surface area contributed by atoms with Gasteiger partial charge in [0.2, 0.25) is 5.62 Å². The van der Waals surface area contributed by atoms with Gasteiger partial charge < -0.3 is 13.9 Å². The fourth-order valence-electron chi connectivity index (χ4n) is 4.71. The molecule has 0 amide bonds. The standard InChI is InChI=1S/C30H45N3O/c1-4-7-8-9-10-11-12-13-14-17-24-34-27-22-20-26(21-23-27)25-31-30-32(5-2)28-18-15-16-19-29(28)33(30)6-3/h15-16,18-23H,4-14,17,24-25H2,1-3H3. The normalized spacial score (nSPS) is 11.3. The van der Waals surface area contributed by atoms with Crippen LogP contribution in [0.1, 0.15) is 90.5 Å². The number of hydrogen-bond donors (Lipinski definition) is 0. The summed E-state index contributed by atoms with van der Waals surface area (Å²) in [6.07, 6.45) is 13.5. The van der Waals surface area contributed by atoms with Crippen molar-refractivity contribution < 1.29 is 4.74 Å². The molecule has 3 rings (SSSR count). The Kier molecular flexibility index (Phi) is 11.3. The molecule has 4 heteroatoms. The lowest BCUT2D eigenvalue weighted by atomic mass is 10.1. The SMILES string of the molecule is CCCCCCCCCCCCOc1ccc(CN=c2n(CC)c3ccccc3n2CC)cc1. The van der Waals surface area contributed by atoms with Crippen LogP contribution in [0.3, 0.4) is 0 Å². The van der Waals surface area contributed by atoms with Gasteiger partial charge in [0, 0.05) is 13.1 Å². The molecular weight excluding hydrogens is 418 g/mol. The molecule has 0 aliphatic carbocycles. The predicted molar refractivity (Wildman–Crippen MR) is 144 cm³/mol. The van der Waals surface area contributed by atoms with Crippen molar-refractivity contribution in [3.63, 3.8) is 0 Å². The highest BCUT2D eigenvalue weighted by Gasteiger charge is 2.08. The number of benzene rings is 2. The molecule has 0 spiro atoms. The topological polar surface area (TPSA) is 31.4 Å². The third-order valence-corrected chi connectivity index (χ3v) is 6.67. The molecule has 1 aromatic heterocycles. The maximum Gasteiger partial charge on any atom is 0.206 e. The van der Waals surface area contributed by atoms with Crippen LogP contribution in [0.4, 0.5) is 0 Å². The van der Waals surface area contributed by atoms with Crippen molar-refractivity contribution in [1.29, 1.82) is 0 Å². The second-order valence-corrected chi connectivity index (χ2v) is 9.27. The van der Waals surface area contributed by atoms with Crippen LogP contribution in [-0.4, -0.2) is 15.7 Å². The van der Waals surface area contributed by atoms with E-state index in [0.29, 0.717) is 6.54 Å². The van der Waals surface area contributed by atoms with E-state index in [4.69, 9.17) is 9.73 Å². The van der Waals surface area contributed by atoms with Crippen molar-refractivity contribution in [2.24, 2.45) is 4.99 Å². The highest BCUT2D eigenvalue weighted by molar-refractivity contribution is 5.75. The van der Waals surface area contributed by atoms with Crippen molar-refractivity contribution in [3.8, 4) is 5.75 Å². The molecule has 0 unspecified atom stereocenters. The summed E-state index contributed by atoms with van der Waals surface area (Å²) >= 11 is 0. The molecule has 0 saturated carbocycles. The molecule has 0 fully saturated rings. The highest BCUT2D eigenvalue weighted by atomic mass is 16.5. The number of nitrogens with zero attached hydrogens (tertiary/aromatic N) is 3. The molecule has 4 nitrogen and oxygen atoms in total. The van der Waals surface area contributed by atoms with Crippen molar-refractivity contribution >= 4 is 11.0 Å². The molecule has 1 heterocycles. The van der Waals surface area contributed by atoms with Crippen LogP contribution in [0.15, 0.2) is 53.5 Å². The van der Waals surface area contributed by atoms with Gasteiger partial charge in [-0.25, -0.2) is 4.99 Å². The minimum absolute atomic E-state index is 0.676. The van der Waals surface area contributed by atoms with Crippen molar-refractivity contribution in [1.82, 2.24) is 9.13 Å². The summed E-state index contributed by atoms with van der Waals surface area (Å²) in [6, 6.07) is 17.0. The number of aromatic nitrogens is 2. The molecule has 0 radical (unpaired) electrons. The fraction of sp³-hybridized carbons (Fsp3) is 0.567. The minimum Gasteiger partial charge on any atom is -0.494 e. The van der Waals surface area contributed by atoms with E-state index in [1.807, 2.05) is 0 Å². The molecule has 3 aromatic rings. The van der Waals surface area contributed by atoms with Gasteiger partial charge in [-0.1, -0.05) is 89.0 Å². The maximum absolute atomic E-state index is 5.97. The third kappa shape index (κ3) is 7.51. The highest BCUT2D eigenvalue weighted by Crippen LogP contribution is 2.16. The summed E-state index contributed by atoms with van der Waals surface area (Å²) in [7, 11) is 0. The Bertz CT molecular complexity index is 985. The largest absolute Gasteiger partial charge is 0.494 e. The Morgan fingerprint density at radius 2 is 1.18 bits per heavy atom. The second kappa shape index (κ2) is 14.7. The minimum atomic E-state index is 0.676. The number of hydrogen-bond acceptors (Lipinski definition) is 2. The third-order valence-electron chi connectivity index (χ3n) is 6.67. The number of ether oxygens (including phenoxy) is 1. The van der Waals surface area contributed by atoms with E-state index in [-0.39, 0.29) is 0 Å². The van der Waals surface area contributed by atoms with Crippen LogP contribution in [0, 0.1) is 0 Å². The second-order valence-electron chi connectivity index (χ2n) is 9.27. The van der Waals surface area contributed by atoms with Crippen molar-refractivity contribution in [2.75, 3.05) is 6.61 Å². The Labute approximate surface area is 206 Å². The number of unbranched alkanes of at least 4 members (excludes halogenated alkanes) is 9. The zero-order valence-electron chi connectivity index (χ0n) is 21.8. The first-order valence-corrected chi connectivity index (χ1v) is 13.7. The Balaban J connectivity index is 1.43.